The summed E-state index contributed by atoms with van der Waals surface area (Å²) in [6, 6.07) is 14.8. The van der Waals surface area contributed by atoms with Crippen LogP contribution in [0.5, 0.6) is 0 Å². The van der Waals surface area contributed by atoms with Gasteiger partial charge in [-0.3, -0.25) is 9.27 Å². The summed E-state index contributed by atoms with van der Waals surface area (Å²) < 4.78 is 21.6. The normalized spacial score (nSPS) is 12.1. The predicted octanol–water partition coefficient (Wildman–Crippen LogP) is 2.48. The molecule has 4 nitrogen and oxygen atoms in total. The van der Waals surface area contributed by atoms with E-state index in [1.54, 1.807) is 12.1 Å². The van der Waals surface area contributed by atoms with Gasteiger partial charge in [0.2, 0.25) is 0 Å². The minimum atomic E-state index is -2.04. The van der Waals surface area contributed by atoms with Crippen LogP contribution in [0.3, 0.4) is 0 Å². The molecule has 88 valence electrons. The zero-order valence-electron chi connectivity index (χ0n) is 8.96. The maximum absolute atomic E-state index is 10.5. The van der Waals surface area contributed by atoms with Gasteiger partial charge in [0.25, 0.3) is 11.3 Å². The fraction of sp³-hybridized carbons (Fsp3) is 0. The monoisotopic (exact) mass is 248 g/mol. The number of rotatable bonds is 3. The number of hydrogen-bond donors (Lipinski definition) is 3. The number of nitrogens with one attached hydrogen (secondary N) is 1. The van der Waals surface area contributed by atoms with Gasteiger partial charge in [0.05, 0.1) is 0 Å². The lowest BCUT2D eigenvalue weighted by atomic mass is 10.1. The standard InChI is InChI=1S/C12H12N2O2S/c13-11-5-1-9(2-6-11)10-3-7-12(8-4-10)14-17(15)16/h1-8,14H,13H2,(H,15,16). The smallest absolute Gasteiger partial charge is 0.259 e. The molecule has 0 aromatic heterocycles. The highest BCUT2D eigenvalue weighted by molar-refractivity contribution is 7.80. The molecule has 4 N–H and O–H groups in total. The summed E-state index contributed by atoms with van der Waals surface area (Å²) in [4.78, 5) is 0. The molecule has 0 saturated heterocycles. The van der Waals surface area contributed by atoms with Crippen molar-refractivity contribution in [1.29, 1.82) is 0 Å². The van der Waals surface area contributed by atoms with Gasteiger partial charge in [0.15, 0.2) is 0 Å². The quantitative estimate of drug-likeness (QED) is 0.577. The van der Waals surface area contributed by atoms with E-state index in [-0.39, 0.29) is 0 Å². The maximum Gasteiger partial charge on any atom is 0.259 e. The molecule has 0 aliphatic heterocycles. The van der Waals surface area contributed by atoms with E-state index in [1.807, 2.05) is 36.4 Å². The van der Waals surface area contributed by atoms with Crippen LogP contribution in [0.1, 0.15) is 0 Å². The topological polar surface area (TPSA) is 75.3 Å². The Bertz CT molecular complexity index is 523. The average molecular weight is 248 g/mol. The van der Waals surface area contributed by atoms with Crippen LogP contribution in [-0.4, -0.2) is 8.76 Å². The van der Waals surface area contributed by atoms with Crippen molar-refractivity contribution >= 4 is 22.6 Å². The van der Waals surface area contributed by atoms with E-state index in [0.29, 0.717) is 5.69 Å². The lowest BCUT2D eigenvalue weighted by molar-refractivity contribution is 0.570. The van der Waals surface area contributed by atoms with E-state index in [9.17, 15) is 4.21 Å². The van der Waals surface area contributed by atoms with Crippen molar-refractivity contribution < 1.29 is 8.76 Å². The van der Waals surface area contributed by atoms with Gasteiger partial charge in [-0.05, 0) is 35.4 Å². The van der Waals surface area contributed by atoms with Crippen molar-refractivity contribution in [1.82, 2.24) is 0 Å². The molecule has 0 aliphatic rings. The van der Waals surface area contributed by atoms with Crippen molar-refractivity contribution in [2.45, 2.75) is 0 Å². The lowest BCUT2D eigenvalue weighted by Crippen LogP contribution is -2.01. The molecule has 17 heavy (non-hydrogen) atoms. The van der Waals surface area contributed by atoms with Crippen molar-refractivity contribution in [2.24, 2.45) is 0 Å². The molecular weight excluding hydrogens is 236 g/mol. The van der Waals surface area contributed by atoms with E-state index in [2.05, 4.69) is 4.72 Å². The average Bonchev–Trinajstić information content (AvgIpc) is 2.30. The molecule has 2 rings (SSSR count). The zero-order chi connectivity index (χ0) is 12.3. The molecule has 5 heteroatoms. The molecule has 0 bridgehead atoms. The third kappa shape index (κ3) is 3.05. The second kappa shape index (κ2) is 4.99. The van der Waals surface area contributed by atoms with E-state index in [1.165, 1.54) is 0 Å². The molecule has 0 saturated carbocycles. The van der Waals surface area contributed by atoms with Gasteiger partial charge in [0.1, 0.15) is 0 Å². The van der Waals surface area contributed by atoms with Gasteiger partial charge < -0.3 is 5.73 Å². The summed E-state index contributed by atoms with van der Waals surface area (Å²) in [5.41, 5.74) is 9.02. The van der Waals surface area contributed by atoms with Crippen molar-refractivity contribution in [3.63, 3.8) is 0 Å². The largest absolute Gasteiger partial charge is 0.399 e. The number of hydrogen-bond acceptors (Lipinski definition) is 2. The molecule has 1 atom stereocenters. The first-order chi connectivity index (χ1) is 8.15. The van der Waals surface area contributed by atoms with Crippen LogP contribution in [0.15, 0.2) is 48.5 Å². The van der Waals surface area contributed by atoms with E-state index in [4.69, 9.17) is 10.3 Å². The minimum absolute atomic E-state index is 0.602. The first kappa shape index (κ1) is 11.6. The fourth-order valence-corrected chi connectivity index (χ4v) is 1.84. The third-order valence-corrected chi connectivity index (χ3v) is 2.74. The number of nitrogens with two attached hydrogens (primary N) is 1. The van der Waals surface area contributed by atoms with E-state index in [0.717, 1.165) is 16.8 Å². The molecule has 0 fully saturated rings. The number of anilines is 2. The van der Waals surface area contributed by atoms with Crippen LogP contribution in [0.2, 0.25) is 0 Å². The summed E-state index contributed by atoms with van der Waals surface area (Å²) in [7, 11) is 0. The molecule has 0 heterocycles. The Morgan fingerprint density at radius 3 is 1.88 bits per heavy atom. The van der Waals surface area contributed by atoms with Gasteiger partial charge >= 0.3 is 0 Å². The Labute approximate surface area is 102 Å². The maximum atomic E-state index is 10.5. The van der Waals surface area contributed by atoms with Crippen molar-refractivity contribution in [2.75, 3.05) is 10.5 Å². The highest BCUT2D eigenvalue weighted by Crippen LogP contribution is 2.22. The SMILES string of the molecule is Nc1ccc(-c2ccc(NS(=O)O)cc2)cc1. The zero-order valence-corrected chi connectivity index (χ0v) is 9.78. The molecule has 0 aliphatic carbocycles. The van der Waals surface area contributed by atoms with Gasteiger partial charge in [-0.25, -0.2) is 4.21 Å². The molecule has 0 amide bonds. The first-order valence-electron chi connectivity index (χ1n) is 4.98. The Morgan fingerprint density at radius 1 is 0.941 bits per heavy atom. The summed E-state index contributed by atoms with van der Waals surface area (Å²) >= 11 is -2.04. The Kier molecular flexibility index (Phi) is 3.41. The van der Waals surface area contributed by atoms with Gasteiger partial charge in [-0.2, -0.15) is 0 Å². The fourth-order valence-electron chi connectivity index (χ4n) is 1.51. The van der Waals surface area contributed by atoms with E-state index < -0.39 is 11.3 Å². The van der Waals surface area contributed by atoms with Crippen LogP contribution >= 0.6 is 0 Å². The molecule has 2 aromatic carbocycles. The third-order valence-electron chi connectivity index (χ3n) is 2.33. The molecule has 0 spiro atoms. The van der Waals surface area contributed by atoms with Gasteiger partial charge in [-0.15, -0.1) is 0 Å². The highest BCUT2D eigenvalue weighted by atomic mass is 32.2. The highest BCUT2D eigenvalue weighted by Gasteiger charge is 1.99. The van der Waals surface area contributed by atoms with Crippen LogP contribution < -0.4 is 10.5 Å². The molecule has 2 aromatic rings. The van der Waals surface area contributed by atoms with Crippen LogP contribution in [0.4, 0.5) is 11.4 Å². The van der Waals surface area contributed by atoms with Gasteiger partial charge in [-0.1, -0.05) is 24.3 Å². The van der Waals surface area contributed by atoms with Crippen molar-refractivity contribution in [3.05, 3.63) is 48.5 Å². The lowest BCUT2D eigenvalue weighted by Gasteiger charge is -2.04. The van der Waals surface area contributed by atoms with Crippen LogP contribution in [-0.2, 0) is 11.3 Å². The number of benzene rings is 2. The first-order valence-corrected chi connectivity index (χ1v) is 6.09. The molecular formula is C12H12N2O2S. The summed E-state index contributed by atoms with van der Waals surface area (Å²) in [5, 5.41) is 0. The summed E-state index contributed by atoms with van der Waals surface area (Å²) in [6.45, 7) is 0. The van der Waals surface area contributed by atoms with Crippen LogP contribution in [0.25, 0.3) is 11.1 Å². The van der Waals surface area contributed by atoms with E-state index >= 15 is 0 Å². The van der Waals surface area contributed by atoms with Crippen LogP contribution in [0, 0.1) is 0 Å². The summed E-state index contributed by atoms with van der Waals surface area (Å²) in [6.07, 6.45) is 0. The van der Waals surface area contributed by atoms with Gasteiger partial charge in [0, 0.05) is 11.4 Å². The Morgan fingerprint density at radius 2 is 1.41 bits per heavy atom. The Hall–Kier alpha value is -1.85. The second-order valence-corrected chi connectivity index (χ2v) is 4.25. The number of nitrogen functional groups attached to an aromatic ring is 1. The minimum Gasteiger partial charge on any atom is -0.399 e. The van der Waals surface area contributed by atoms with Crippen molar-refractivity contribution in [3.8, 4) is 11.1 Å². The molecule has 0 radical (unpaired) electrons. The summed E-state index contributed by atoms with van der Waals surface area (Å²) in [5.74, 6) is 0. The predicted molar refractivity (Wildman–Crippen MR) is 70.7 cm³/mol. The Balaban J connectivity index is 2.23. The molecule has 1 unspecified atom stereocenters. The second-order valence-electron chi connectivity index (χ2n) is 3.55.